The quantitative estimate of drug-likeness (QED) is 0.895. The van der Waals surface area contributed by atoms with E-state index < -0.39 is 0 Å². The molecule has 1 aromatic heterocycles. The highest BCUT2D eigenvalue weighted by molar-refractivity contribution is 5.99. The second kappa shape index (κ2) is 5.77. The van der Waals surface area contributed by atoms with Gasteiger partial charge >= 0.3 is 0 Å². The lowest BCUT2D eigenvalue weighted by atomic mass is 10.1. The van der Waals surface area contributed by atoms with Gasteiger partial charge in [0.15, 0.2) is 0 Å². The lowest BCUT2D eigenvalue weighted by Gasteiger charge is -2.10. The van der Waals surface area contributed by atoms with Crippen LogP contribution in [0.15, 0.2) is 24.4 Å². The molecule has 0 bridgehead atoms. The van der Waals surface area contributed by atoms with Gasteiger partial charge in [-0.05, 0) is 31.5 Å². The first-order valence-corrected chi connectivity index (χ1v) is 6.57. The van der Waals surface area contributed by atoms with Crippen LogP contribution in [0.1, 0.15) is 27.2 Å². The molecule has 1 aromatic carbocycles. The molecule has 5 heteroatoms. The minimum absolute atomic E-state index is 0.0856. The van der Waals surface area contributed by atoms with Crippen molar-refractivity contribution in [1.82, 2.24) is 15.1 Å². The Balaban J connectivity index is 2.11. The Hall–Kier alpha value is -2.30. The molecule has 0 radical (unpaired) electrons. The zero-order valence-electron chi connectivity index (χ0n) is 12.3. The van der Waals surface area contributed by atoms with E-state index in [1.54, 1.807) is 10.9 Å². The summed E-state index contributed by atoms with van der Waals surface area (Å²) in [6.45, 7) is 4.47. The molecule has 0 aliphatic carbocycles. The molecule has 0 aliphatic rings. The molecule has 0 spiro atoms. The molecule has 1 heterocycles. The molecule has 106 valence electrons. The molecule has 0 atom stereocenters. The van der Waals surface area contributed by atoms with Crippen LogP contribution >= 0.6 is 0 Å². The molecule has 0 aliphatic heterocycles. The van der Waals surface area contributed by atoms with E-state index >= 15 is 0 Å². The number of hydrogen-bond acceptors (Lipinski definition) is 3. The first-order chi connectivity index (χ1) is 9.52. The Labute approximate surface area is 119 Å². The Kier molecular flexibility index (Phi) is 4.08. The van der Waals surface area contributed by atoms with E-state index in [1.165, 1.54) is 0 Å². The Morgan fingerprint density at radius 2 is 2.10 bits per heavy atom. The van der Waals surface area contributed by atoms with Crippen LogP contribution in [-0.2, 0) is 13.6 Å². The summed E-state index contributed by atoms with van der Waals surface area (Å²) < 4.78 is 1.80. The number of rotatable bonds is 4. The standard InChI is InChI=1S/C15H20N4O/c1-10-5-6-13(14(7-10)16-3)15(20)17-8-12-9-18-19(4)11(12)2/h5-7,9,16H,8H2,1-4H3,(H,17,20). The van der Waals surface area contributed by atoms with Crippen LogP contribution < -0.4 is 10.6 Å². The van der Waals surface area contributed by atoms with Gasteiger partial charge < -0.3 is 10.6 Å². The molecular formula is C15H20N4O. The first kappa shape index (κ1) is 14.1. The van der Waals surface area contributed by atoms with E-state index in [1.807, 2.05) is 46.1 Å². The summed E-state index contributed by atoms with van der Waals surface area (Å²) in [7, 11) is 3.70. The summed E-state index contributed by atoms with van der Waals surface area (Å²) in [4.78, 5) is 12.2. The van der Waals surface area contributed by atoms with Crippen LogP contribution in [0.2, 0.25) is 0 Å². The maximum Gasteiger partial charge on any atom is 0.253 e. The van der Waals surface area contributed by atoms with Crippen molar-refractivity contribution in [2.24, 2.45) is 7.05 Å². The SMILES string of the molecule is CNc1cc(C)ccc1C(=O)NCc1cnn(C)c1C. The molecule has 2 N–H and O–H groups in total. The van der Waals surface area contributed by atoms with Gasteiger partial charge in [0.25, 0.3) is 5.91 Å². The second-order valence-corrected chi connectivity index (χ2v) is 4.86. The Morgan fingerprint density at radius 1 is 1.35 bits per heavy atom. The van der Waals surface area contributed by atoms with E-state index in [9.17, 15) is 4.79 Å². The van der Waals surface area contributed by atoms with Gasteiger partial charge in [-0.3, -0.25) is 9.48 Å². The van der Waals surface area contributed by atoms with Gasteiger partial charge in [0.2, 0.25) is 0 Å². The largest absolute Gasteiger partial charge is 0.387 e. The lowest BCUT2D eigenvalue weighted by Crippen LogP contribution is -2.24. The predicted octanol–water partition coefficient (Wildman–Crippen LogP) is 2.01. The van der Waals surface area contributed by atoms with Crippen molar-refractivity contribution >= 4 is 11.6 Å². The number of nitrogens with zero attached hydrogens (tertiary/aromatic N) is 2. The summed E-state index contributed by atoms with van der Waals surface area (Å²) in [5, 5.41) is 10.2. The highest BCUT2D eigenvalue weighted by Crippen LogP contribution is 2.17. The number of aryl methyl sites for hydroxylation is 2. The summed E-state index contributed by atoms with van der Waals surface area (Å²) in [6, 6.07) is 5.74. The monoisotopic (exact) mass is 272 g/mol. The van der Waals surface area contributed by atoms with E-state index in [0.717, 1.165) is 22.5 Å². The molecule has 0 fully saturated rings. The van der Waals surface area contributed by atoms with Gasteiger partial charge in [-0.1, -0.05) is 6.07 Å². The number of hydrogen-bond donors (Lipinski definition) is 2. The van der Waals surface area contributed by atoms with Gasteiger partial charge in [0.1, 0.15) is 0 Å². The number of carbonyl (C=O) groups is 1. The molecule has 0 saturated heterocycles. The molecule has 2 rings (SSSR count). The second-order valence-electron chi connectivity index (χ2n) is 4.86. The summed E-state index contributed by atoms with van der Waals surface area (Å²) >= 11 is 0. The van der Waals surface area contributed by atoms with E-state index in [-0.39, 0.29) is 5.91 Å². The maximum absolute atomic E-state index is 12.2. The third-order valence-corrected chi connectivity index (χ3v) is 3.47. The van der Waals surface area contributed by atoms with Crippen LogP contribution in [0, 0.1) is 13.8 Å². The number of amides is 1. The van der Waals surface area contributed by atoms with Gasteiger partial charge in [-0.15, -0.1) is 0 Å². The minimum atomic E-state index is -0.0856. The number of aromatic nitrogens is 2. The van der Waals surface area contributed by atoms with Gasteiger partial charge in [0.05, 0.1) is 11.8 Å². The number of benzene rings is 1. The van der Waals surface area contributed by atoms with Crippen molar-refractivity contribution in [2.75, 3.05) is 12.4 Å². The molecule has 1 amide bonds. The smallest absolute Gasteiger partial charge is 0.253 e. The summed E-state index contributed by atoms with van der Waals surface area (Å²) in [6.07, 6.45) is 1.78. The third kappa shape index (κ3) is 2.82. The average Bonchev–Trinajstić information content (AvgIpc) is 2.76. The van der Waals surface area contributed by atoms with Crippen molar-refractivity contribution < 1.29 is 4.79 Å². The van der Waals surface area contributed by atoms with E-state index in [4.69, 9.17) is 0 Å². The van der Waals surface area contributed by atoms with Crippen LogP contribution in [0.3, 0.4) is 0 Å². The van der Waals surface area contributed by atoms with Crippen molar-refractivity contribution in [1.29, 1.82) is 0 Å². The van der Waals surface area contributed by atoms with Crippen LogP contribution in [-0.4, -0.2) is 22.7 Å². The molecule has 20 heavy (non-hydrogen) atoms. The topological polar surface area (TPSA) is 59.0 Å². The maximum atomic E-state index is 12.2. The molecular weight excluding hydrogens is 252 g/mol. The average molecular weight is 272 g/mol. The van der Waals surface area contributed by atoms with Crippen molar-refractivity contribution in [2.45, 2.75) is 20.4 Å². The fourth-order valence-corrected chi connectivity index (χ4v) is 2.05. The predicted molar refractivity (Wildman–Crippen MR) is 79.8 cm³/mol. The molecule has 0 saturated carbocycles. The van der Waals surface area contributed by atoms with Crippen molar-refractivity contribution in [3.63, 3.8) is 0 Å². The minimum Gasteiger partial charge on any atom is -0.387 e. The van der Waals surface area contributed by atoms with E-state index in [0.29, 0.717) is 12.1 Å². The number of nitrogens with one attached hydrogen (secondary N) is 2. The first-order valence-electron chi connectivity index (χ1n) is 6.57. The molecule has 0 unspecified atom stereocenters. The molecule has 5 nitrogen and oxygen atoms in total. The van der Waals surface area contributed by atoms with Crippen molar-refractivity contribution in [3.05, 3.63) is 46.8 Å². The normalized spacial score (nSPS) is 10.4. The summed E-state index contributed by atoms with van der Waals surface area (Å²) in [5.74, 6) is -0.0856. The van der Waals surface area contributed by atoms with Gasteiger partial charge in [-0.25, -0.2) is 0 Å². The fraction of sp³-hybridized carbons (Fsp3) is 0.333. The fourth-order valence-electron chi connectivity index (χ4n) is 2.05. The molecule has 2 aromatic rings. The zero-order chi connectivity index (χ0) is 14.7. The van der Waals surface area contributed by atoms with Crippen LogP contribution in [0.25, 0.3) is 0 Å². The number of carbonyl (C=O) groups excluding carboxylic acids is 1. The van der Waals surface area contributed by atoms with E-state index in [2.05, 4.69) is 15.7 Å². The van der Waals surface area contributed by atoms with Crippen molar-refractivity contribution in [3.8, 4) is 0 Å². The zero-order valence-corrected chi connectivity index (χ0v) is 12.3. The Morgan fingerprint density at radius 3 is 2.70 bits per heavy atom. The van der Waals surface area contributed by atoms with Gasteiger partial charge in [0, 0.05) is 37.6 Å². The highest BCUT2D eigenvalue weighted by atomic mass is 16.1. The number of anilines is 1. The van der Waals surface area contributed by atoms with Crippen LogP contribution in [0.5, 0.6) is 0 Å². The highest BCUT2D eigenvalue weighted by Gasteiger charge is 2.11. The van der Waals surface area contributed by atoms with Crippen LogP contribution in [0.4, 0.5) is 5.69 Å². The van der Waals surface area contributed by atoms with Gasteiger partial charge in [-0.2, -0.15) is 5.10 Å². The summed E-state index contributed by atoms with van der Waals surface area (Å²) in [5.41, 5.74) is 4.70. The lowest BCUT2D eigenvalue weighted by molar-refractivity contribution is 0.0951. The Bertz CT molecular complexity index is 631. The third-order valence-electron chi connectivity index (χ3n) is 3.47.